The first-order valence-electron chi connectivity index (χ1n) is 7.03. The van der Waals surface area contributed by atoms with Crippen LogP contribution < -0.4 is 11.1 Å². The van der Waals surface area contributed by atoms with E-state index in [1.807, 2.05) is 0 Å². The average Bonchev–Trinajstić information content (AvgIpc) is 2.39. The monoisotopic (exact) mass is 256 g/mol. The zero-order valence-electron chi connectivity index (χ0n) is 12.1. The quantitative estimate of drug-likeness (QED) is 0.862. The van der Waals surface area contributed by atoms with Crippen molar-refractivity contribution in [2.45, 2.75) is 33.4 Å². The Morgan fingerprint density at radius 2 is 1.74 bits per heavy atom. The molecule has 3 N–H and O–H groups in total. The molecular formula is C17H24N2. The van der Waals surface area contributed by atoms with Gasteiger partial charge in [-0.25, -0.2) is 0 Å². The number of fused-ring (bicyclic) bond motifs is 1. The molecule has 1 atom stereocenters. The summed E-state index contributed by atoms with van der Waals surface area (Å²) < 4.78 is 0. The molecule has 0 bridgehead atoms. The lowest BCUT2D eigenvalue weighted by atomic mass is 10.0. The summed E-state index contributed by atoms with van der Waals surface area (Å²) in [6, 6.07) is 13.6. The molecule has 0 spiro atoms. The fraction of sp³-hybridized carbons (Fsp3) is 0.412. The van der Waals surface area contributed by atoms with E-state index in [1.54, 1.807) is 0 Å². The van der Waals surface area contributed by atoms with E-state index in [0.717, 1.165) is 6.54 Å². The van der Waals surface area contributed by atoms with E-state index in [-0.39, 0.29) is 0 Å². The molecule has 0 aliphatic rings. The standard InChI is InChI=1S/C17H24N2/c1-12(2)17(10-18)19-11-14-5-7-15-8-13(3)4-6-16(15)9-14/h4-9,12,17,19H,10-11,18H2,1-3H3. The first kappa shape index (κ1) is 14.0. The first-order chi connectivity index (χ1) is 9.10. The predicted octanol–water partition coefficient (Wildman–Crippen LogP) is 3.22. The lowest BCUT2D eigenvalue weighted by Crippen LogP contribution is -2.39. The number of nitrogens with one attached hydrogen (secondary N) is 1. The molecule has 19 heavy (non-hydrogen) atoms. The van der Waals surface area contributed by atoms with Gasteiger partial charge in [0.25, 0.3) is 0 Å². The largest absolute Gasteiger partial charge is 0.329 e. The number of benzene rings is 2. The Morgan fingerprint density at radius 3 is 2.42 bits per heavy atom. The van der Waals surface area contributed by atoms with E-state index in [0.29, 0.717) is 18.5 Å². The summed E-state index contributed by atoms with van der Waals surface area (Å²) in [6.45, 7) is 8.10. The fourth-order valence-corrected chi connectivity index (χ4v) is 2.36. The van der Waals surface area contributed by atoms with Crippen molar-refractivity contribution in [2.75, 3.05) is 6.54 Å². The zero-order chi connectivity index (χ0) is 13.8. The molecule has 0 amide bonds. The van der Waals surface area contributed by atoms with E-state index in [2.05, 4.69) is 62.5 Å². The van der Waals surface area contributed by atoms with E-state index in [9.17, 15) is 0 Å². The van der Waals surface area contributed by atoms with Crippen LogP contribution in [0, 0.1) is 12.8 Å². The van der Waals surface area contributed by atoms with Gasteiger partial charge < -0.3 is 11.1 Å². The third-order valence-electron chi connectivity index (χ3n) is 3.69. The zero-order valence-corrected chi connectivity index (χ0v) is 12.1. The molecular weight excluding hydrogens is 232 g/mol. The third kappa shape index (κ3) is 3.55. The summed E-state index contributed by atoms with van der Waals surface area (Å²) in [6.07, 6.45) is 0. The summed E-state index contributed by atoms with van der Waals surface area (Å²) in [4.78, 5) is 0. The second kappa shape index (κ2) is 6.18. The number of aryl methyl sites for hydroxylation is 1. The highest BCUT2D eigenvalue weighted by Crippen LogP contribution is 2.17. The van der Waals surface area contributed by atoms with E-state index in [1.165, 1.54) is 21.9 Å². The van der Waals surface area contributed by atoms with Crippen LogP contribution in [0.3, 0.4) is 0 Å². The van der Waals surface area contributed by atoms with Gasteiger partial charge >= 0.3 is 0 Å². The third-order valence-corrected chi connectivity index (χ3v) is 3.69. The van der Waals surface area contributed by atoms with E-state index < -0.39 is 0 Å². The minimum absolute atomic E-state index is 0.383. The van der Waals surface area contributed by atoms with Gasteiger partial charge in [-0.15, -0.1) is 0 Å². The Hall–Kier alpha value is -1.38. The van der Waals surface area contributed by atoms with E-state index >= 15 is 0 Å². The van der Waals surface area contributed by atoms with Crippen molar-refractivity contribution in [3.05, 3.63) is 47.5 Å². The van der Waals surface area contributed by atoms with Crippen LogP contribution in [0.25, 0.3) is 10.8 Å². The van der Waals surface area contributed by atoms with Crippen LogP contribution in [0.4, 0.5) is 0 Å². The van der Waals surface area contributed by atoms with Gasteiger partial charge in [0, 0.05) is 19.1 Å². The molecule has 0 saturated carbocycles. The molecule has 2 aromatic carbocycles. The minimum Gasteiger partial charge on any atom is -0.329 e. The van der Waals surface area contributed by atoms with Gasteiger partial charge in [0.05, 0.1) is 0 Å². The molecule has 2 rings (SSSR count). The second-order valence-electron chi connectivity index (χ2n) is 5.65. The maximum Gasteiger partial charge on any atom is 0.0216 e. The van der Waals surface area contributed by atoms with Gasteiger partial charge in [-0.3, -0.25) is 0 Å². The Bertz CT molecular complexity index is 546. The Morgan fingerprint density at radius 1 is 1.05 bits per heavy atom. The lowest BCUT2D eigenvalue weighted by molar-refractivity contribution is 0.405. The smallest absolute Gasteiger partial charge is 0.0216 e. The maximum absolute atomic E-state index is 5.78. The summed E-state index contributed by atoms with van der Waals surface area (Å²) in [7, 11) is 0. The van der Waals surface area contributed by atoms with Crippen molar-refractivity contribution < 1.29 is 0 Å². The van der Waals surface area contributed by atoms with Gasteiger partial charge in [0.1, 0.15) is 0 Å². The highest BCUT2D eigenvalue weighted by molar-refractivity contribution is 5.83. The molecule has 0 aliphatic carbocycles. The van der Waals surface area contributed by atoms with Crippen molar-refractivity contribution in [3.8, 4) is 0 Å². The normalized spacial score (nSPS) is 13.1. The molecule has 2 aromatic rings. The molecule has 2 nitrogen and oxygen atoms in total. The topological polar surface area (TPSA) is 38.0 Å². The van der Waals surface area contributed by atoms with Crippen LogP contribution >= 0.6 is 0 Å². The summed E-state index contributed by atoms with van der Waals surface area (Å²) in [5, 5.41) is 6.15. The van der Waals surface area contributed by atoms with Gasteiger partial charge in [-0.05, 0) is 35.2 Å². The average molecular weight is 256 g/mol. The van der Waals surface area contributed by atoms with Crippen LogP contribution in [0.5, 0.6) is 0 Å². The molecule has 0 fully saturated rings. The Labute approximate surface area is 116 Å². The molecule has 102 valence electrons. The molecule has 0 saturated heterocycles. The fourth-order valence-electron chi connectivity index (χ4n) is 2.36. The molecule has 0 radical (unpaired) electrons. The number of hydrogen-bond donors (Lipinski definition) is 2. The van der Waals surface area contributed by atoms with Crippen LogP contribution in [0.2, 0.25) is 0 Å². The van der Waals surface area contributed by atoms with Gasteiger partial charge in [-0.1, -0.05) is 49.7 Å². The summed E-state index contributed by atoms with van der Waals surface area (Å²) in [5.41, 5.74) is 8.40. The predicted molar refractivity (Wildman–Crippen MR) is 83.2 cm³/mol. The molecule has 0 aromatic heterocycles. The van der Waals surface area contributed by atoms with Crippen LogP contribution in [0.1, 0.15) is 25.0 Å². The molecule has 0 aliphatic heterocycles. The Kier molecular flexibility index (Phi) is 4.56. The first-order valence-corrected chi connectivity index (χ1v) is 7.03. The maximum atomic E-state index is 5.78. The van der Waals surface area contributed by atoms with Gasteiger partial charge in [0.2, 0.25) is 0 Å². The van der Waals surface area contributed by atoms with Crippen LogP contribution in [-0.2, 0) is 6.54 Å². The molecule has 2 heteroatoms. The van der Waals surface area contributed by atoms with Crippen molar-refractivity contribution in [2.24, 2.45) is 11.7 Å². The SMILES string of the molecule is Cc1ccc2cc(CNC(CN)C(C)C)ccc2c1. The van der Waals surface area contributed by atoms with E-state index in [4.69, 9.17) is 5.73 Å². The number of nitrogens with two attached hydrogens (primary N) is 1. The second-order valence-corrected chi connectivity index (χ2v) is 5.65. The van der Waals surface area contributed by atoms with Gasteiger partial charge in [0.15, 0.2) is 0 Å². The lowest BCUT2D eigenvalue weighted by Gasteiger charge is -2.20. The molecule has 0 heterocycles. The minimum atomic E-state index is 0.383. The summed E-state index contributed by atoms with van der Waals surface area (Å²) in [5.74, 6) is 0.563. The van der Waals surface area contributed by atoms with Crippen LogP contribution in [-0.4, -0.2) is 12.6 Å². The van der Waals surface area contributed by atoms with Crippen molar-refractivity contribution in [1.82, 2.24) is 5.32 Å². The van der Waals surface area contributed by atoms with Gasteiger partial charge in [-0.2, -0.15) is 0 Å². The van der Waals surface area contributed by atoms with Crippen molar-refractivity contribution in [1.29, 1.82) is 0 Å². The Balaban J connectivity index is 2.11. The highest BCUT2D eigenvalue weighted by Gasteiger charge is 2.10. The highest BCUT2D eigenvalue weighted by atomic mass is 14.9. The van der Waals surface area contributed by atoms with Crippen LogP contribution in [0.15, 0.2) is 36.4 Å². The number of rotatable bonds is 5. The molecule has 1 unspecified atom stereocenters. The van der Waals surface area contributed by atoms with Crippen molar-refractivity contribution in [3.63, 3.8) is 0 Å². The number of hydrogen-bond acceptors (Lipinski definition) is 2. The van der Waals surface area contributed by atoms with Crippen molar-refractivity contribution >= 4 is 10.8 Å². The summed E-state index contributed by atoms with van der Waals surface area (Å²) >= 11 is 0.